The molecule has 0 heterocycles. The SMILES string of the molecule is CC1(C)CC[C@@]23CC[C@@]4(C)[C@]5(C)CC[C@H]6C(C)(C)C(=O)[C@]7(C#N)C[C@@H]7[C@]6(C)C5=CC(=O)[C@]4(CC2=O)C3C1. The summed E-state index contributed by atoms with van der Waals surface area (Å²) in [7, 11) is 0. The standard InChI is InChI=1S/C33H43NO3/c1-26(2)10-12-31-13-11-29(6)28(5)9-8-19-27(3,4)25(37)32(18-34)16-21(32)30(19,7)20(28)14-23(35)33(29,17-24(31)36)22(31)15-26/h14,19,21-22H,8-13,15-17H2,1-7H3/t19-,21+,22?,28+,29-,30-,31-,32-,33-/m0/s1. The second kappa shape index (κ2) is 6.18. The van der Waals surface area contributed by atoms with Gasteiger partial charge in [0.05, 0.1) is 6.07 Å². The zero-order valence-corrected chi connectivity index (χ0v) is 23.8. The third-order valence-electron chi connectivity index (χ3n) is 14.8. The largest absolute Gasteiger partial charge is 0.299 e. The van der Waals surface area contributed by atoms with Crippen LogP contribution >= 0.6 is 0 Å². The number of nitriles is 1. The number of carbonyl (C=O) groups excluding carboxylic acids is 3. The van der Waals surface area contributed by atoms with Crippen molar-refractivity contribution in [2.24, 2.45) is 61.1 Å². The Balaban J connectivity index is 1.45. The Labute approximate surface area is 222 Å². The van der Waals surface area contributed by atoms with E-state index >= 15 is 0 Å². The highest BCUT2D eigenvalue weighted by Crippen LogP contribution is 2.84. The molecule has 1 unspecified atom stereocenters. The monoisotopic (exact) mass is 501 g/mol. The molecule has 37 heavy (non-hydrogen) atoms. The van der Waals surface area contributed by atoms with Crippen LogP contribution in [0, 0.1) is 72.4 Å². The highest BCUT2D eigenvalue weighted by Gasteiger charge is 2.83. The molecule has 0 aromatic heterocycles. The van der Waals surface area contributed by atoms with E-state index in [0.717, 1.165) is 44.9 Å². The lowest BCUT2D eigenvalue weighted by atomic mass is 9.31. The summed E-state index contributed by atoms with van der Waals surface area (Å²) in [5.41, 5.74) is -1.89. The summed E-state index contributed by atoms with van der Waals surface area (Å²) in [5, 5.41) is 10.2. The fourth-order valence-electron chi connectivity index (χ4n) is 12.6. The summed E-state index contributed by atoms with van der Waals surface area (Å²) in [5.74, 6) is 0.935. The molecule has 4 nitrogen and oxygen atoms in total. The van der Waals surface area contributed by atoms with Crippen LogP contribution in [0.25, 0.3) is 0 Å². The Morgan fingerprint density at radius 1 is 0.838 bits per heavy atom. The summed E-state index contributed by atoms with van der Waals surface area (Å²) in [6, 6.07) is 2.47. The Kier molecular flexibility index (Phi) is 4.06. The van der Waals surface area contributed by atoms with E-state index in [9.17, 15) is 19.6 Å². The van der Waals surface area contributed by atoms with Crippen molar-refractivity contribution in [1.29, 1.82) is 5.26 Å². The van der Waals surface area contributed by atoms with Gasteiger partial charge in [0, 0.05) is 22.7 Å². The van der Waals surface area contributed by atoms with Crippen LogP contribution in [-0.4, -0.2) is 17.3 Å². The Morgan fingerprint density at radius 2 is 1.51 bits per heavy atom. The lowest BCUT2D eigenvalue weighted by Crippen LogP contribution is -2.68. The maximum Gasteiger partial charge on any atom is 0.163 e. The van der Waals surface area contributed by atoms with Gasteiger partial charge in [0.15, 0.2) is 11.6 Å². The van der Waals surface area contributed by atoms with Gasteiger partial charge in [-0.05, 0) is 96.9 Å². The zero-order chi connectivity index (χ0) is 26.8. The molecule has 9 atom stereocenters. The van der Waals surface area contributed by atoms with Crippen LogP contribution in [0.1, 0.15) is 106 Å². The van der Waals surface area contributed by atoms with Crippen molar-refractivity contribution in [2.75, 3.05) is 0 Å². The Hall–Kier alpha value is -1.76. The first kappa shape index (κ1) is 24.3. The van der Waals surface area contributed by atoms with Crippen LogP contribution in [0.4, 0.5) is 0 Å². The van der Waals surface area contributed by atoms with Gasteiger partial charge in [-0.2, -0.15) is 5.26 Å². The average Bonchev–Trinajstić information content (AvgIpc) is 3.54. The molecule has 2 bridgehead atoms. The Bertz CT molecular complexity index is 1280. The van der Waals surface area contributed by atoms with Crippen molar-refractivity contribution in [1.82, 2.24) is 0 Å². The molecule has 0 radical (unpaired) electrons. The molecule has 7 aliphatic rings. The molecule has 6 fully saturated rings. The molecule has 0 aromatic carbocycles. The number of fused-ring (bicyclic) bond motifs is 6. The number of Topliss-reactive ketones (excluding diaryl/α,β-unsaturated/α-hetero) is 2. The second-order valence-corrected chi connectivity index (χ2v) is 16.5. The number of hydrogen-bond acceptors (Lipinski definition) is 4. The normalized spacial score (nSPS) is 56.1. The van der Waals surface area contributed by atoms with E-state index in [-0.39, 0.29) is 56.4 Å². The summed E-state index contributed by atoms with van der Waals surface area (Å²) in [6.45, 7) is 15.8. The van der Waals surface area contributed by atoms with Gasteiger partial charge in [0.1, 0.15) is 11.2 Å². The number of carbonyl (C=O) groups is 3. The molecule has 0 aliphatic heterocycles. The van der Waals surface area contributed by atoms with Crippen LogP contribution in [0.2, 0.25) is 0 Å². The number of hydrogen-bond donors (Lipinski definition) is 0. The van der Waals surface area contributed by atoms with Crippen molar-refractivity contribution in [3.63, 3.8) is 0 Å². The minimum absolute atomic E-state index is 0.00615. The van der Waals surface area contributed by atoms with Gasteiger partial charge >= 0.3 is 0 Å². The van der Waals surface area contributed by atoms with Gasteiger partial charge in [-0.15, -0.1) is 0 Å². The number of nitrogens with zero attached hydrogens (tertiary/aromatic N) is 1. The fraction of sp³-hybridized carbons (Fsp3) is 0.818. The highest BCUT2D eigenvalue weighted by molar-refractivity contribution is 6.06. The molecule has 1 spiro atoms. The minimum atomic E-state index is -0.897. The fourth-order valence-corrected chi connectivity index (χ4v) is 12.6. The molecule has 0 saturated heterocycles. The van der Waals surface area contributed by atoms with Crippen molar-refractivity contribution in [3.8, 4) is 6.07 Å². The number of allylic oxidation sites excluding steroid dienone is 2. The maximum absolute atomic E-state index is 14.8. The molecule has 0 amide bonds. The molecule has 7 rings (SSSR count). The molecule has 198 valence electrons. The predicted octanol–water partition coefficient (Wildman–Crippen LogP) is 6.63. The van der Waals surface area contributed by atoms with Crippen molar-refractivity contribution >= 4 is 17.3 Å². The highest BCUT2D eigenvalue weighted by atomic mass is 16.1. The van der Waals surface area contributed by atoms with Crippen LogP contribution in [0.5, 0.6) is 0 Å². The summed E-state index contributed by atoms with van der Waals surface area (Å²) < 4.78 is 0. The van der Waals surface area contributed by atoms with Gasteiger partial charge in [-0.25, -0.2) is 0 Å². The van der Waals surface area contributed by atoms with E-state index in [1.54, 1.807) is 0 Å². The van der Waals surface area contributed by atoms with Gasteiger partial charge in [-0.1, -0.05) is 54.0 Å². The van der Waals surface area contributed by atoms with E-state index < -0.39 is 16.2 Å². The van der Waals surface area contributed by atoms with Crippen molar-refractivity contribution in [3.05, 3.63) is 11.6 Å². The third-order valence-corrected chi connectivity index (χ3v) is 14.8. The van der Waals surface area contributed by atoms with Crippen LogP contribution in [-0.2, 0) is 14.4 Å². The topological polar surface area (TPSA) is 75.0 Å². The zero-order valence-electron chi connectivity index (χ0n) is 23.8. The van der Waals surface area contributed by atoms with Crippen LogP contribution in [0.15, 0.2) is 11.6 Å². The van der Waals surface area contributed by atoms with Crippen molar-refractivity contribution in [2.45, 2.75) is 106 Å². The smallest absolute Gasteiger partial charge is 0.163 e. The van der Waals surface area contributed by atoms with Gasteiger partial charge in [0.25, 0.3) is 0 Å². The lowest BCUT2D eigenvalue weighted by molar-refractivity contribution is -0.193. The molecule has 4 heteroatoms. The number of ketones is 3. The van der Waals surface area contributed by atoms with Crippen molar-refractivity contribution < 1.29 is 14.4 Å². The first-order valence-electron chi connectivity index (χ1n) is 14.8. The summed E-state index contributed by atoms with van der Waals surface area (Å²) in [4.78, 5) is 42.3. The molecular formula is C33H43NO3. The third kappa shape index (κ3) is 2.16. The molecular weight excluding hydrogens is 458 g/mol. The first-order chi connectivity index (χ1) is 17.0. The second-order valence-electron chi connectivity index (χ2n) is 16.5. The van der Waals surface area contributed by atoms with E-state index in [0.29, 0.717) is 18.6 Å². The molecule has 0 aromatic rings. The quantitative estimate of drug-likeness (QED) is 0.373. The van der Waals surface area contributed by atoms with Crippen LogP contribution < -0.4 is 0 Å². The predicted molar refractivity (Wildman–Crippen MR) is 140 cm³/mol. The Morgan fingerprint density at radius 3 is 2.19 bits per heavy atom. The van der Waals surface area contributed by atoms with Gasteiger partial charge < -0.3 is 0 Å². The lowest BCUT2D eigenvalue weighted by Gasteiger charge is -2.71. The van der Waals surface area contributed by atoms with Gasteiger partial charge in [-0.3, -0.25) is 14.4 Å². The average molecular weight is 502 g/mol. The molecule has 6 saturated carbocycles. The van der Waals surface area contributed by atoms with Gasteiger partial charge in [0.2, 0.25) is 0 Å². The summed E-state index contributed by atoms with van der Waals surface area (Å²) >= 11 is 0. The van der Waals surface area contributed by atoms with Crippen LogP contribution in [0.3, 0.4) is 0 Å². The molecule has 7 aliphatic carbocycles. The summed E-state index contributed by atoms with van der Waals surface area (Å²) in [6.07, 6.45) is 9.74. The maximum atomic E-state index is 14.8. The van der Waals surface area contributed by atoms with E-state index in [2.05, 4.69) is 54.5 Å². The minimum Gasteiger partial charge on any atom is -0.299 e. The van der Waals surface area contributed by atoms with E-state index in [4.69, 9.17) is 0 Å². The molecule has 0 N–H and O–H groups in total. The number of rotatable bonds is 0. The van der Waals surface area contributed by atoms with E-state index in [1.807, 2.05) is 6.08 Å². The van der Waals surface area contributed by atoms with E-state index in [1.165, 1.54) is 5.57 Å². The first-order valence-corrected chi connectivity index (χ1v) is 14.8.